The first-order valence-electron chi connectivity index (χ1n) is 5.03. The maximum absolute atomic E-state index is 13.5. The third kappa shape index (κ3) is 1.60. The molecule has 1 aliphatic heterocycles. The summed E-state index contributed by atoms with van der Waals surface area (Å²) < 4.78 is 13.5. The molecular formula is C11H15FN2O. The predicted octanol–water partition coefficient (Wildman–Crippen LogP) is 0.506. The Labute approximate surface area is 88.3 Å². The molecule has 82 valence electrons. The number of rotatable bonds is 2. The Kier molecular flexibility index (Phi) is 2.63. The van der Waals surface area contributed by atoms with Crippen LogP contribution in [0.25, 0.3) is 0 Å². The Balaban J connectivity index is 2.33. The Bertz CT molecular complexity index is 370. The van der Waals surface area contributed by atoms with E-state index in [4.69, 9.17) is 5.73 Å². The number of halogens is 1. The molecule has 0 saturated carbocycles. The zero-order valence-electron chi connectivity index (χ0n) is 8.65. The van der Waals surface area contributed by atoms with Crippen molar-refractivity contribution in [2.45, 2.75) is 18.6 Å². The van der Waals surface area contributed by atoms with Crippen molar-refractivity contribution in [3.63, 3.8) is 0 Å². The van der Waals surface area contributed by atoms with Crippen molar-refractivity contribution >= 4 is 5.69 Å². The molecule has 1 aromatic rings. The molecular weight excluding hydrogens is 195 g/mol. The largest absolute Gasteiger partial charge is 0.390 e. The van der Waals surface area contributed by atoms with Crippen molar-refractivity contribution in [3.8, 4) is 0 Å². The molecule has 4 heteroatoms. The first kappa shape index (κ1) is 10.4. The molecule has 0 aliphatic carbocycles. The second-order valence-electron chi connectivity index (χ2n) is 3.93. The number of aliphatic hydroxyl groups excluding tert-OH is 1. The van der Waals surface area contributed by atoms with Crippen molar-refractivity contribution in [2.24, 2.45) is 5.73 Å². The second kappa shape index (κ2) is 3.79. The summed E-state index contributed by atoms with van der Waals surface area (Å²) in [6.07, 6.45) is 0.0453. The van der Waals surface area contributed by atoms with Crippen LogP contribution in [0.5, 0.6) is 0 Å². The lowest BCUT2D eigenvalue weighted by Crippen LogP contribution is -2.43. The summed E-state index contributed by atoms with van der Waals surface area (Å²) in [5.41, 5.74) is 6.95. The molecule has 0 aromatic heterocycles. The first-order valence-corrected chi connectivity index (χ1v) is 5.03. The number of hydrogen-bond donors (Lipinski definition) is 2. The Hall–Kier alpha value is -1.13. The fourth-order valence-corrected chi connectivity index (χ4v) is 2.20. The van der Waals surface area contributed by atoms with Gasteiger partial charge < -0.3 is 15.7 Å². The number of fused-ring (bicyclic) bond motifs is 1. The van der Waals surface area contributed by atoms with E-state index in [0.29, 0.717) is 12.1 Å². The van der Waals surface area contributed by atoms with Crippen molar-refractivity contribution in [3.05, 3.63) is 29.6 Å². The Morgan fingerprint density at radius 1 is 1.67 bits per heavy atom. The predicted molar refractivity (Wildman–Crippen MR) is 57.4 cm³/mol. The molecule has 3 nitrogen and oxygen atoms in total. The van der Waals surface area contributed by atoms with Crippen LogP contribution in [-0.2, 0) is 6.42 Å². The average molecular weight is 210 g/mol. The number of likely N-dealkylation sites (N-methyl/N-ethyl adjacent to an activating group) is 1. The average Bonchev–Trinajstić information content (AvgIpc) is 2.56. The van der Waals surface area contributed by atoms with Gasteiger partial charge in [-0.2, -0.15) is 0 Å². The molecule has 2 unspecified atom stereocenters. The van der Waals surface area contributed by atoms with Crippen LogP contribution in [-0.4, -0.2) is 30.8 Å². The van der Waals surface area contributed by atoms with Gasteiger partial charge in [0.05, 0.1) is 17.8 Å². The van der Waals surface area contributed by atoms with Crippen molar-refractivity contribution < 1.29 is 9.50 Å². The van der Waals surface area contributed by atoms with E-state index in [1.165, 1.54) is 6.07 Å². The highest BCUT2D eigenvalue weighted by Gasteiger charge is 2.32. The van der Waals surface area contributed by atoms with Crippen LogP contribution in [0, 0.1) is 5.82 Å². The molecule has 3 N–H and O–H groups in total. The standard InChI is InChI=1S/C11H15FN2O/c1-14-9(10(15)6-13)5-7-3-2-4-8(12)11(7)14/h2-4,9-10,15H,5-6,13H2,1H3. The highest BCUT2D eigenvalue weighted by atomic mass is 19.1. The van der Waals surface area contributed by atoms with Gasteiger partial charge in [-0.25, -0.2) is 4.39 Å². The molecule has 1 aliphatic rings. The van der Waals surface area contributed by atoms with E-state index in [0.717, 1.165) is 5.56 Å². The summed E-state index contributed by atoms with van der Waals surface area (Å²) in [6.45, 7) is 0.199. The minimum Gasteiger partial charge on any atom is -0.390 e. The van der Waals surface area contributed by atoms with Crippen LogP contribution in [0.15, 0.2) is 18.2 Å². The Morgan fingerprint density at radius 2 is 2.40 bits per heavy atom. The lowest BCUT2D eigenvalue weighted by atomic mass is 10.1. The lowest BCUT2D eigenvalue weighted by Gasteiger charge is -2.26. The van der Waals surface area contributed by atoms with E-state index in [2.05, 4.69) is 0 Å². The normalized spacial score (nSPS) is 21.6. The van der Waals surface area contributed by atoms with E-state index >= 15 is 0 Å². The fraction of sp³-hybridized carbons (Fsp3) is 0.455. The van der Waals surface area contributed by atoms with Crippen LogP contribution in [0.2, 0.25) is 0 Å². The number of benzene rings is 1. The lowest BCUT2D eigenvalue weighted by molar-refractivity contribution is 0.153. The van der Waals surface area contributed by atoms with Crippen LogP contribution in [0.4, 0.5) is 10.1 Å². The summed E-state index contributed by atoms with van der Waals surface area (Å²) >= 11 is 0. The summed E-state index contributed by atoms with van der Waals surface area (Å²) in [4.78, 5) is 1.78. The number of aliphatic hydroxyl groups is 1. The molecule has 2 rings (SSSR count). The van der Waals surface area contributed by atoms with Crippen LogP contribution >= 0.6 is 0 Å². The maximum Gasteiger partial charge on any atom is 0.146 e. The molecule has 2 atom stereocenters. The van der Waals surface area contributed by atoms with Crippen molar-refractivity contribution in [1.29, 1.82) is 0 Å². The van der Waals surface area contributed by atoms with Gasteiger partial charge in [0.2, 0.25) is 0 Å². The summed E-state index contributed by atoms with van der Waals surface area (Å²) in [6, 6.07) is 4.91. The van der Waals surface area contributed by atoms with Gasteiger partial charge in [0.1, 0.15) is 5.82 Å². The van der Waals surface area contributed by atoms with Gasteiger partial charge in [0, 0.05) is 13.6 Å². The quantitative estimate of drug-likeness (QED) is 0.747. The van der Waals surface area contributed by atoms with E-state index in [1.54, 1.807) is 18.0 Å². The topological polar surface area (TPSA) is 49.5 Å². The van der Waals surface area contributed by atoms with E-state index in [-0.39, 0.29) is 18.4 Å². The van der Waals surface area contributed by atoms with E-state index < -0.39 is 6.10 Å². The maximum atomic E-state index is 13.5. The minimum atomic E-state index is -0.609. The molecule has 1 heterocycles. The first-order chi connectivity index (χ1) is 7.15. The van der Waals surface area contributed by atoms with Crippen LogP contribution in [0.3, 0.4) is 0 Å². The molecule has 15 heavy (non-hydrogen) atoms. The molecule has 0 radical (unpaired) electrons. The third-order valence-electron chi connectivity index (χ3n) is 3.04. The fourth-order valence-electron chi connectivity index (χ4n) is 2.20. The summed E-state index contributed by atoms with van der Waals surface area (Å²) in [7, 11) is 1.79. The van der Waals surface area contributed by atoms with Crippen molar-refractivity contribution in [2.75, 3.05) is 18.5 Å². The summed E-state index contributed by atoms with van der Waals surface area (Å²) in [5.74, 6) is -0.235. The summed E-state index contributed by atoms with van der Waals surface area (Å²) in [5, 5.41) is 9.70. The highest BCUT2D eigenvalue weighted by Crippen LogP contribution is 2.34. The van der Waals surface area contributed by atoms with Gasteiger partial charge in [-0.15, -0.1) is 0 Å². The van der Waals surface area contributed by atoms with Gasteiger partial charge in [-0.05, 0) is 18.1 Å². The number of nitrogens with two attached hydrogens (primary N) is 1. The van der Waals surface area contributed by atoms with Crippen LogP contribution in [0.1, 0.15) is 5.56 Å². The van der Waals surface area contributed by atoms with Gasteiger partial charge >= 0.3 is 0 Å². The number of hydrogen-bond acceptors (Lipinski definition) is 3. The zero-order valence-corrected chi connectivity index (χ0v) is 8.65. The van der Waals surface area contributed by atoms with E-state index in [1.807, 2.05) is 6.07 Å². The van der Waals surface area contributed by atoms with Gasteiger partial charge in [0.15, 0.2) is 0 Å². The second-order valence-corrected chi connectivity index (χ2v) is 3.93. The SMILES string of the molecule is CN1c2c(F)cccc2CC1C(O)CN. The molecule has 0 amide bonds. The van der Waals surface area contributed by atoms with Gasteiger partial charge in [-0.3, -0.25) is 0 Å². The number of para-hydroxylation sites is 1. The molecule has 0 saturated heterocycles. The number of nitrogens with zero attached hydrogens (tertiary/aromatic N) is 1. The van der Waals surface area contributed by atoms with Gasteiger partial charge in [-0.1, -0.05) is 12.1 Å². The van der Waals surface area contributed by atoms with Crippen LogP contribution < -0.4 is 10.6 Å². The zero-order chi connectivity index (χ0) is 11.0. The molecule has 0 bridgehead atoms. The third-order valence-corrected chi connectivity index (χ3v) is 3.04. The van der Waals surface area contributed by atoms with Gasteiger partial charge in [0.25, 0.3) is 0 Å². The van der Waals surface area contributed by atoms with E-state index in [9.17, 15) is 9.50 Å². The van der Waals surface area contributed by atoms with Crippen molar-refractivity contribution in [1.82, 2.24) is 0 Å². The highest BCUT2D eigenvalue weighted by molar-refractivity contribution is 5.60. The Morgan fingerprint density at radius 3 is 3.00 bits per heavy atom. The molecule has 0 spiro atoms. The smallest absolute Gasteiger partial charge is 0.146 e. The molecule has 1 aromatic carbocycles. The monoisotopic (exact) mass is 210 g/mol. The number of anilines is 1. The minimum absolute atomic E-state index is 0.109. The molecule has 0 fully saturated rings.